The molecule has 4 rings (SSSR count). The van der Waals surface area contributed by atoms with Crippen molar-refractivity contribution in [2.24, 2.45) is 5.10 Å². The first-order valence-electron chi connectivity index (χ1n) is 9.55. The molecule has 2 aliphatic rings. The molecule has 0 spiro atoms. The molecule has 1 aromatic heterocycles. The van der Waals surface area contributed by atoms with Gasteiger partial charge >= 0.3 is 0 Å². The number of aromatic nitrogens is 3. The Morgan fingerprint density at radius 1 is 0.833 bits per heavy atom. The first kappa shape index (κ1) is 19.9. The van der Waals surface area contributed by atoms with E-state index in [9.17, 15) is 15.3 Å². The van der Waals surface area contributed by atoms with Gasteiger partial charge in [0, 0.05) is 31.7 Å². The van der Waals surface area contributed by atoms with Crippen LogP contribution in [0.3, 0.4) is 0 Å². The van der Waals surface area contributed by atoms with Gasteiger partial charge in [0.1, 0.15) is 0 Å². The molecule has 12 heteroatoms. The van der Waals surface area contributed by atoms with Gasteiger partial charge in [0.15, 0.2) is 17.2 Å². The minimum atomic E-state index is -0.581. The summed E-state index contributed by atoms with van der Waals surface area (Å²) in [6, 6.07) is 2.54. The standard InChI is InChI=1S/C18H23N7O5/c26-13-9-12(10-14(27)15(13)28)11-19-23-16-20-17(24-1-5-29-6-2-24)22-18(21-16)25-3-7-30-8-4-25/h9-11,26-28H,1-8H2,(H,20,21,22,23)/b19-11-. The Morgan fingerprint density at radius 2 is 1.33 bits per heavy atom. The van der Waals surface area contributed by atoms with Gasteiger partial charge in [-0.05, 0) is 12.1 Å². The van der Waals surface area contributed by atoms with E-state index in [1.165, 1.54) is 18.3 Å². The summed E-state index contributed by atoms with van der Waals surface area (Å²) >= 11 is 0. The Morgan fingerprint density at radius 3 is 1.83 bits per heavy atom. The lowest BCUT2D eigenvalue weighted by Crippen LogP contribution is -2.40. The average molecular weight is 417 g/mol. The number of rotatable bonds is 5. The van der Waals surface area contributed by atoms with Crippen molar-refractivity contribution in [3.8, 4) is 17.2 Å². The molecule has 2 aromatic rings. The second kappa shape index (κ2) is 8.97. The van der Waals surface area contributed by atoms with Crippen LogP contribution in [0.2, 0.25) is 0 Å². The van der Waals surface area contributed by atoms with Gasteiger partial charge in [0.05, 0.1) is 32.6 Å². The Labute approximate surface area is 172 Å². The molecule has 0 bridgehead atoms. The van der Waals surface area contributed by atoms with Crippen molar-refractivity contribution in [3.63, 3.8) is 0 Å². The van der Waals surface area contributed by atoms with Crippen LogP contribution in [-0.4, -0.2) is 89.1 Å². The largest absolute Gasteiger partial charge is 0.504 e. The highest BCUT2D eigenvalue weighted by molar-refractivity contribution is 5.82. The topological polar surface area (TPSA) is 149 Å². The van der Waals surface area contributed by atoms with Crippen LogP contribution in [0.1, 0.15) is 5.56 Å². The summed E-state index contributed by atoms with van der Waals surface area (Å²) in [5.41, 5.74) is 3.15. The highest BCUT2D eigenvalue weighted by Crippen LogP contribution is 2.34. The van der Waals surface area contributed by atoms with Gasteiger partial charge in [-0.2, -0.15) is 20.1 Å². The third-order valence-corrected chi connectivity index (χ3v) is 4.67. The van der Waals surface area contributed by atoms with Crippen LogP contribution in [0.15, 0.2) is 17.2 Å². The van der Waals surface area contributed by atoms with E-state index < -0.39 is 17.2 Å². The molecule has 2 fully saturated rings. The zero-order valence-corrected chi connectivity index (χ0v) is 16.2. The van der Waals surface area contributed by atoms with Gasteiger partial charge in [0.25, 0.3) is 0 Å². The second-order valence-electron chi connectivity index (χ2n) is 6.74. The maximum absolute atomic E-state index is 9.60. The Balaban J connectivity index is 1.56. The number of ether oxygens (including phenoxy) is 2. The highest BCUT2D eigenvalue weighted by Gasteiger charge is 2.20. The fourth-order valence-electron chi connectivity index (χ4n) is 3.08. The number of phenols is 3. The monoisotopic (exact) mass is 417 g/mol. The number of nitrogens with zero attached hydrogens (tertiary/aromatic N) is 6. The normalized spacial score (nSPS) is 17.5. The van der Waals surface area contributed by atoms with Crippen LogP contribution >= 0.6 is 0 Å². The minimum absolute atomic E-state index is 0.261. The molecule has 0 atom stereocenters. The number of aromatic hydroxyl groups is 3. The summed E-state index contributed by atoms with van der Waals surface area (Å²) in [5, 5.41) is 32.7. The van der Waals surface area contributed by atoms with Gasteiger partial charge < -0.3 is 34.6 Å². The molecule has 0 unspecified atom stereocenters. The van der Waals surface area contributed by atoms with E-state index in [2.05, 4.69) is 25.5 Å². The third-order valence-electron chi connectivity index (χ3n) is 4.67. The van der Waals surface area contributed by atoms with Crippen LogP contribution in [0.25, 0.3) is 0 Å². The van der Waals surface area contributed by atoms with E-state index >= 15 is 0 Å². The van der Waals surface area contributed by atoms with Crippen LogP contribution < -0.4 is 15.2 Å². The predicted octanol–water partition coefficient (Wildman–Crippen LogP) is 0.108. The molecule has 3 heterocycles. The molecule has 0 aliphatic carbocycles. The molecule has 0 amide bonds. The molecule has 4 N–H and O–H groups in total. The first-order valence-corrected chi connectivity index (χ1v) is 9.55. The SMILES string of the molecule is Oc1cc(/C=N\Nc2nc(N3CCOCC3)nc(N3CCOCC3)n2)cc(O)c1O. The number of anilines is 3. The van der Waals surface area contributed by atoms with E-state index in [-0.39, 0.29) is 5.95 Å². The van der Waals surface area contributed by atoms with Crippen molar-refractivity contribution in [2.75, 3.05) is 67.8 Å². The Hall–Kier alpha value is -3.38. The van der Waals surface area contributed by atoms with E-state index in [4.69, 9.17) is 9.47 Å². The number of benzene rings is 1. The highest BCUT2D eigenvalue weighted by atomic mass is 16.5. The zero-order valence-electron chi connectivity index (χ0n) is 16.2. The smallest absolute Gasteiger partial charge is 0.250 e. The van der Waals surface area contributed by atoms with Crippen molar-refractivity contribution >= 4 is 24.1 Å². The van der Waals surface area contributed by atoms with Gasteiger partial charge in [-0.3, -0.25) is 0 Å². The van der Waals surface area contributed by atoms with Crippen LogP contribution in [0.4, 0.5) is 17.8 Å². The summed E-state index contributed by atoms with van der Waals surface area (Å²) in [6.45, 7) is 5.15. The summed E-state index contributed by atoms with van der Waals surface area (Å²) < 4.78 is 10.8. The van der Waals surface area contributed by atoms with Crippen molar-refractivity contribution < 1.29 is 24.8 Å². The molecule has 30 heavy (non-hydrogen) atoms. The van der Waals surface area contributed by atoms with Gasteiger partial charge in [-0.15, -0.1) is 0 Å². The van der Waals surface area contributed by atoms with E-state index in [1.54, 1.807) is 0 Å². The number of nitrogens with one attached hydrogen (secondary N) is 1. The summed E-state index contributed by atoms with van der Waals surface area (Å²) in [4.78, 5) is 17.6. The number of hydrogen-bond acceptors (Lipinski definition) is 12. The summed E-state index contributed by atoms with van der Waals surface area (Å²) in [5.74, 6) is -0.138. The lowest BCUT2D eigenvalue weighted by atomic mass is 10.2. The van der Waals surface area contributed by atoms with Crippen LogP contribution in [-0.2, 0) is 9.47 Å². The molecular formula is C18H23N7O5. The average Bonchev–Trinajstić information content (AvgIpc) is 2.78. The quantitative estimate of drug-likeness (QED) is 0.298. The molecule has 0 radical (unpaired) electrons. The van der Waals surface area contributed by atoms with Gasteiger partial charge in [-0.1, -0.05) is 0 Å². The lowest BCUT2D eigenvalue weighted by molar-refractivity contribution is 0.121. The van der Waals surface area contributed by atoms with Crippen LogP contribution in [0.5, 0.6) is 17.2 Å². The Bertz CT molecular complexity index is 855. The number of hydrogen-bond donors (Lipinski definition) is 4. The molecule has 1 aromatic carbocycles. The third kappa shape index (κ3) is 4.60. The van der Waals surface area contributed by atoms with E-state index in [0.717, 1.165) is 0 Å². The molecule has 2 saturated heterocycles. The Kier molecular flexibility index (Phi) is 5.95. The van der Waals surface area contributed by atoms with Crippen LogP contribution in [0, 0.1) is 0 Å². The predicted molar refractivity (Wildman–Crippen MR) is 109 cm³/mol. The van der Waals surface area contributed by atoms with Crippen molar-refractivity contribution in [1.82, 2.24) is 15.0 Å². The molecule has 0 saturated carbocycles. The molecule has 12 nitrogen and oxygen atoms in total. The lowest BCUT2D eigenvalue weighted by Gasteiger charge is -2.30. The molecule has 2 aliphatic heterocycles. The number of morpholine rings is 2. The summed E-state index contributed by atoms with van der Waals surface area (Å²) in [7, 11) is 0. The van der Waals surface area contributed by atoms with E-state index in [1.807, 2.05) is 9.80 Å². The number of phenolic OH excluding ortho intramolecular Hbond substituents is 3. The van der Waals surface area contributed by atoms with Gasteiger partial charge in [-0.25, -0.2) is 5.43 Å². The number of hydrazone groups is 1. The fraction of sp³-hybridized carbons (Fsp3) is 0.444. The van der Waals surface area contributed by atoms with Crippen molar-refractivity contribution in [3.05, 3.63) is 17.7 Å². The first-order chi connectivity index (χ1) is 14.6. The minimum Gasteiger partial charge on any atom is -0.504 e. The summed E-state index contributed by atoms with van der Waals surface area (Å²) in [6.07, 6.45) is 1.37. The molecule has 160 valence electrons. The van der Waals surface area contributed by atoms with Crippen molar-refractivity contribution in [2.45, 2.75) is 0 Å². The molecular weight excluding hydrogens is 394 g/mol. The zero-order chi connectivity index (χ0) is 20.9. The maximum Gasteiger partial charge on any atom is 0.250 e. The maximum atomic E-state index is 9.60. The van der Waals surface area contributed by atoms with Gasteiger partial charge in [0.2, 0.25) is 17.8 Å². The second-order valence-corrected chi connectivity index (χ2v) is 6.74. The van der Waals surface area contributed by atoms with E-state index in [0.29, 0.717) is 70.1 Å². The fourth-order valence-corrected chi connectivity index (χ4v) is 3.08. The van der Waals surface area contributed by atoms with Crippen molar-refractivity contribution in [1.29, 1.82) is 0 Å².